The van der Waals surface area contributed by atoms with Gasteiger partial charge in [0.1, 0.15) is 8.24 Å². The molecule has 0 radical (unpaired) electrons. The molecule has 1 N–H and O–H groups in total. The van der Waals surface area contributed by atoms with Crippen LogP contribution < -0.4 is 4.98 Å². The second kappa shape index (κ2) is 5.58. The van der Waals surface area contributed by atoms with E-state index >= 15 is 0 Å². The molecule has 0 spiro atoms. The zero-order chi connectivity index (χ0) is 15.9. The van der Waals surface area contributed by atoms with Crippen LogP contribution >= 0.6 is 0 Å². The zero-order valence-electron chi connectivity index (χ0n) is 15.4. The molecule has 0 aliphatic heterocycles. The quantitative estimate of drug-likeness (QED) is 0.737. The van der Waals surface area contributed by atoms with Gasteiger partial charge in [-0.15, -0.1) is 0 Å². The van der Waals surface area contributed by atoms with E-state index in [0.29, 0.717) is 5.41 Å². The highest BCUT2D eigenvalue weighted by atomic mass is 28.3. The maximum atomic E-state index is 3.96. The predicted molar refractivity (Wildman–Crippen MR) is 98.4 cm³/mol. The monoisotopic (exact) mass is 309 g/mol. The van der Waals surface area contributed by atoms with Crippen molar-refractivity contribution in [2.24, 2.45) is 5.41 Å². The predicted octanol–water partition coefficient (Wildman–Crippen LogP) is 4.82. The van der Waals surface area contributed by atoms with Crippen LogP contribution in [0.15, 0.2) is 22.0 Å². The molecule has 1 nitrogen and oxygen atoms in total. The fraction of sp³-hybridized carbons (Fsp3) is 0.765. The third-order valence-electron chi connectivity index (χ3n) is 3.95. The Morgan fingerprint density at radius 2 is 1.55 bits per heavy atom. The van der Waals surface area contributed by atoms with Gasteiger partial charge in [-0.25, -0.2) is 0 Å². The summed E-state index contributed by atoms with van der Waals surface area (Å²) in [7, 11) is -2.34. The van der Waals surface area contributed by atoms with Crippen LogP contribution in [-0.2, 0) is 0 Å². The molecular weight excluding hydrogens is 274 g/mol. The van der Waals surface area contributed by atoms with Gasteiger partial charge in [0.15, 0.2) is 0 Å². The van der Waals surface area contributed by atoms with E-state index in [0.717, 1.165) is 0 Å². The average molecular weight is 310 g/mol. The van der Waals surface area contributed by atoms with Crippen LogP contribution in [0.5, 0.6) is 0 Å². The van der Waals surface area contributed by atoms with Crippen LogP contribution in [0.3, 0.4) is 0 Å². The Morgan fingerprint density at radius 1 is 1.05 bits per heavy atom. The lowest BCUT2D eigenvalue weighted by Gasteiger charge is -2.36. The van der Waals surface area contributed by atoms with E-state index in [4.69, 9.17) is 0 Å². The van der Waals surface area contributed by atoms with E-state index < -0.39 is 17.0 Å². The average Bonchev–Trinajstić information content (AvgIpc) is 2.56. The van der Waals surface area contributed by atoms with Crippen molar-refractivity contribution in [2.45, 2.75) is 79.7 Å². The molecule has 0 saturated heterocycles. The van der Waals surface area contributed by atoms with E-state index in [-0.39, 0.29) is 5.54 Å². The number of allylic oxidation sites excluding steroid dienone is 4. The zero-order valence-corrected chi connectivity index (χ0v) is 17.5. The largest absolute Gasteiger partial charge is 0.329 e. The number of nitrogens with one attached hydrogen (secondary N) is 1. The van der Waals surface area contributed by atoms with Gasteiger partial charge in [-0.05, 0) is 38.2 Å². The molecule has 1 aliphatic rings. The molecule has 20 heavy (non-hydrogen) atoms. The Bertz CT molecular complexity index is 429. The van der Waals surface area contributed by atoms with Crippen molar-refractivity contribution >= 4 is 17.0 Å². The Kier molecular flexibility index (Phi) is 5.00. The van der Waals surface area contributed by atoms with E-state index in [9.17, 15) is 0 Å². The lowest BCUT2D eigenvalue weighted by atomic mass is 9.87. The van der Waals surface area contributed by atoms with Crippen LogP contribution in [0.4, 0.5) is 0 Å². The highest BCUT2D eigenvalue weighted by Gasteiger charge is 2.38. The summed E-state index contributed by atoms with van der Waals surface area (Å²) in [5.41, 5.74) is 2.14. The summed E-state index contributed by atoms with van der Waals surface area (Å²) in [5.74, 6) is 0. The minimum Gasteiger partial charge on any atom is -0.329 e. The van der Waals surface area contributed by atoms with Crippen LogP contribution in [0.25, 0.3) is 0 Å². The molecule has 3 heteroatoms. The molecule has 0 heterocycles. The first-order chi connectivity index (χ1) is 8.76. The standard InChI is InChI=1S/C17H35NSi2/c1-16(2,3)13-11-12-14(15(13)19(7)8)20(9,10)18-17(4,5)6/h11,18-19H,12H2,1-10H3. The SMILES string of the molecule is C[SiH](C)C1=C([Si](C)(C)NC(C)(C)C)CC=C1C(C)(C)C. The summed E-state index contributed by atoms with van der Waals surface area (Å²) in [6, 6.07) is 0. The minimum absolute atomic E-state index is 0.205. The van der Waals surface area contributed by atoms with Crippen molar-refractivity contribution in [2.75, 3.05) is 0 Å². The topological polar surface area (TPSA) is 12.0 Å². The van der Waals surface area contributed by atoms with Crippen LogP contribution in [0.2, 0.25) is 26.2 Å². The first-order valence-electron chi connectivity index (χ1n) is 7.99. The summed E-state index contributed by atoms with van der Waals surface area (Å²) in [6.07, 6.45) is 3.71. The molecule has 0 unspecified atom stereocenters. The van der Waals surface area contributed by atoms with Gasteiger partial charge in [0.05, 0.1) is 8.80 Å². The van der Waals surface area contributed by atoms with Crippen LogP contribution in [-0.4, -0.2) is 22.6 Å². The van der Waals surface area contributed by atoms with Gasteiger partial charge in [0.2, 0.25) is 0 Å². The second-order valence-electron chi connectivity index (χ2n) is 9.12. The molecule has 0 aromatic rings. The molecule has 0 amide bonds. The van der Waals surface area contributed by atoms with Gasteiger partial charge in [0.25, 0.3) is 0 Å². The number of rotatable bonds is 3. The van der Waals surface area contributed by atoms with Crippen molar-refractivity contribution in [1.29, 1.82) is 0 Å². The lowest BCUT2D eigenvalue weighted by molar-refractivity contribution is 0.513. The van der Waals surface area contributed by atoms with E-state index in [2.05, 4.69) is 78.8 Å². The van der Waals surface area contributed by atoms with E-state index in [1.165, 1.54) is 6.42 Å². The molecule has 0 saturated carbocycles. The summed E-state index contributed by atoms with van der Waals surface area (Å²) < 4.78 is 0. The molecule has 0 bridgehead atoms. The lowest BCUT2D eigenvalue weighted by Crippen LogP contribution is -2.56. The van der Waals surface area contributed by atoms with Gasteiger partial charge in [-0.1, -0.05) is 63.4 Å². The summed E-state index contributed by atoms with van der Waals surface area (Å²) in [4.78, 5) is 3.96. The maximum absolute atomic E-state index is 3.96. The Morgan fingerprint density at radius 3 is 1.90 bits per heavy atom. The second-order valence-corrected chi connectivity index (χ2v) is 16.1. The van der Waals surface area contributed by atoms with Crippen LogP contribution in [0.1, 0.15) is 48.0 Å². The minimum atomic E-state index is -1.54. The number of hydrogen-bond acceptors (Lipinski definition) is 1. The third kappa shape index (κ3) is 4.18. The highest BCUT2D eigenvalue weighted by molar-refractivity contribution is 6.84. The van der Waals surface area contributed by atoms with E-state index in [1.807, 2.05) is 0 Å². The third-order valence-corrected chi connectivity index (χ3v) is 9.41. The smallest absolute Gasteiger partial charge is 0.148 e. The fourth-order valence-electron chi connectivity index (χ4n) is 3.56. The van der Waals surface area contributed by atoms with Crippen LogP contribution in [0, 0.1) is 5.41 Å². The van der Waals surface area contributed by atoms with Crippen molar-refractivity contribution in [3.8, 4) is 0 Å². The van der Waals surface area contributed by atoms with Crippen molar-refractivity contribution in [3.05, 3.63) is 22.0 Å². The van der Waals surface area contributed by atoms with Gasteiger partial charge in [-0.3, -0.25) is 0 Å². The molecule has 1 aliphatic carbocycles. The molecule has 0 aromatic heterocycles. The number of hydrogen-bond donors (Lipinski definition) is 1. The van der Waals surface area contributed by atoms with Gasteiger partial charge in [-0.2, -0.15) is 0 Å². The molecule has 1 rings (SSSR count). The molecule has 0 fully saturated rings. The summed E-state index contributed by atoms with van der Waals surface area (Å²) >= 11 is 0. The van der Waals surface area contributed by atoms with Gasteiger partial charge in [0, 0.05) is 5.54 Å². The molecule has 116 valence electrons. The molecular formula is C17H35NSi2. The van der Waals surface area contributed by atoms with Gasteiger partial charge < -0.3 is 4.98 Å². The Balaban J connectivity index is 3.25. The highest BCUT2D eigenvalue weighted by Crippen LogP contribution is 2.42. The summed E-state index contributed by atoms with van der Waals surface area (Å²) in [5, 5.41) is 3.56. The van der Waals surface area contributed by atoms with Crippen molar-refractivity contribution in [1.82, 2.24) is 4.98 Å². The summed E-state index contributed by atoms with van der Waals surface area (Å²) in [6.45, 7) is 23.9. The molecule has 0 aromatic carbocycles. The molecule has 0 atom stereocenters. The van der Waals surface area contributed by atoms with E-state index in [1.54, 1.807) is 16.0 Å². The fourth-order valence-corrected chi connectivity index (χ4v) is 10.9. The Labute approximate surface area is 129 Å². The van der Waals surface area contributed by atoms with Gasteiger partial charge >= 0.3 is 0 Å². The van der Waals surface area contributed by atoms with Crippen molar-refractivity contribution < 1.29 is 0 Å². The van der Waals surface area contributed by atoms with Crippen molar-refractivity contribution in [3.63, 3.8) is 0 Å². The first-order valence-corrected chi connectivity index (χ1v) is 13.9. The first kappa shape index (κ1) is 17.9. The Hall–Kier alpha value is -0.126. The normalized spacial score (nSPS) is 18.1. The maximum Gasteiger partial charge on any atom is 0.148 e.